The maximum absolute atomic E-state index is 13.0. The molecule has 0 aliphatic rings. The average Bonchev–Trinajstić information content (AvgIpc) is 2.50. The second-order valence-corrected chi connectivity index (χ2v) is 4.99. The zero-order valence-corrected chi connectivity index (χ0v) is 12.7. The Kier molecular flexibility index (Phi) is 5.41. The molecule has 0 saturated heterocycles. The number of hydrogen-bond acceptors (Lipinski definition) is 4. The van der Waals surface area contributed by atoms with Crippen LogP contribution < -0.4 is 10.6 Å². The van der Waals surface area contributed by atoms with E-state index in [0.29, 0.717) is 18.7 Å². The van der Waals surface area contributed by atoms with Gasteiger partial charge in [-0.05, 0) is 38.5 Å². The second-order valence-electron chi connectivity index (χ2n) is 4.99. The minimum Gasteiger partial charge on any atom is -0.368 e. The number of carbonyl (C=O) groups is 1. The summed E-state index contributed by atoms with van der Waals surface area (Å²) in [4.78, 5) is 20.4. The molecule has 0 saturated carbocycles. The maximum Gasteiger partial charge on any atom is 0.251 e. The van der Waals surface area contributed by atoms with Crippen LogP contribution in [0.5, 0.6) is 0 Å². The van der Waals surface area contributed by atoms with E-state index in [2.05, 4.69) is 20.6 Å². The van der Waals surface area contributed by atoms with Crippen molar-refractivity contribution in [3.8, 4) is 0 Å². The number of amides is 1. The van der Waals surface area contributed by atoms with Crippen molar-refractivity contribution in [2.24, 2.45) is 0 Å². The molecule has 0 spiro atoms. The summed E-state index contributed by atoms with van der Waals surface area (Å²) in [7, 11) is 0. The number of halogens is 1. The fraction of sp³-hybridized carbons (Fsp3) is 0.312. The summed E-state index contributed by atoms with van der Waals surface area (Å²) < 4.78 is 13.0. The van der Waals surface area contributed by atoms with Crippen molar-refractivity contribution in [1.82, 2.24) is 15.3 Å². The largest absolute Gasteiger partial charge is 0.368 e. The Bertz CT molecular complexity index is 660. The Hall–Kier alpha value is -2.50. The van der Waals surface area contributed by atoms with Crippen LogP contribution in [0.15, 0.2) is 30.5 Å². The van der Waals surface area contributed by atoms with Gasteiger partial charge in [0.05, 0.1) is 11.4 Å². The highest BCUT2D eigenvalue weighted by Gasteiger charge is 2.05. The van der Waals surface area contributed by atoms with Gasteiger partial charge in [-0.3, -0.25) is 9.78 Å². The highest BCUT2D eigenvalue weighted by Crippen LogP contribution is 2.08. The molecule has 0 fully saturated rings. The van der Waals surface area contributed by atoms with Gasteiger partial charge < -0.3 is 10.6 Å². The normalized spacial score (nSPS) is 10.3. The zero-order valence-electron chi connectivity index (χ0n) is 12.7. The highest BCUT2D eigenvalue weighted by atomic mass is 19.1. The summed E-state index contributed by atoms with van der Waals surface area (Å²) >= 11 is 0. The number of aromatic nitrogens is 2. The van der Waals surface area contributed by atoms with E-state index < -0.39 is 5.82 Å². The van der Waals surface area contributed by atoms with E-state index >= 15 is 0 Å². The van der Waals surface area contributed by atoms with Crippen LogP contribution in [0.4, 0.5) is 10.2 Å². The van der Waals surface area contributed by atoms with Gasteiger partial charge in [-0.25, -0.2) is 9.37 Å². The molecule has 0 aliphatic carbocycles. The summed E-state index contributed by atoms with van der Waals surface area (Å²) in [5, 5.41) is 5.95. The Morgan fingerprint density at radius 3 is 2.86 bits per heavy atom. The Balaban J connectivity index is 1.73. The van der Waals surface area contributed by atoms with Gasteiger partial charge in [0, 0.05) is 24.8 Å². The molecule has 0 aliphatic heterocycles. The van der Waals surface area contributed by atoms with Crippen LogP contribution >= 0.6 is 0 Å². The number of nitrogens with one attached hydrogen (secondary N) is 2. The zero-order chi connectivity index (χ0) is 15.9. The van der Waals surface area contributed by atoms with Crippen molar-refractivity contribution < 1.29 is 9.18 Å². The molecule has 1 aromatic carbocycles. The van der Waals surface area contributed by atoms with Crippen LogP contribution in [0, 0.1) is 19.7 Å². The minimum atomic E-state index is -0.414. The lowest BCUT2D eigenvalue weighted by Crippen LogP contribution is -2.26. The Morgan fingerprint density at radius 2 is 2.09 bits per heavy atom. The summed E-state index contributed by atoms with van der Waals surface area (Å²) in [5.74, 6) is 0.0744. The van der Waals surface area contributed by atoms with Crippen molar-refractivity contribution in [3.05, 3.63) is 53.2 Å². The SMILES string of the molecule is Cc1cnc(C)c(NCCCNC(=O)c2cccc(F)c2)n1. The molecule has 0 radical (unpaired) electrons. The molecule has 2 rings (SSSR count). The van der Waals surface area contributed by atoms with E-state index in [-0.39, 0.29) is 5.91 Å². The highest BCUT2D eigenvalue weighted by molar-refractivity contribution is 5.94. The van der Waals surface area contributed by atoms with Crippen LogP contribution in [0.3, 0.4) is 0 Å². The molecule has 0 bridgehead atoms. The number of carbonyl (C=O) groups excluding carboxylic acids is 1. The Labute approximate surface area is 129 Å². The quantitative estimate of drug-likeness (QED) is 0.804. The topological polar surface area (TPSA) is 66.9 Å². The van der Waals surface area contributed by atoms with E-state index in [4.69, 9.17) is 0 Å². The van der Waals surface area contributed by atoms with Crippen molar-refractivity contribution >= 4 is 11.7 Å². The van der Waals surface area contributed by atoms with Crippen molar-refractivity contribution in [1.29, 1.82) is 0 Å². The molecule has 116 valence electrons. The predicted octanol–water partition coefficient (Wildman–Crippen LogP) is 2.46. The van der Waals surface area contributed by atoms with Crippen molar-refractivity contribution in [2.45, 2.75) is 20.3 Å². The summed E-state index contributed by atoms with van der Waals surface area (Å²) in [6, 6.07) is 5.64. The van der Waals surface area contributed by atoms with Gasteiger partial charge in [-0.1, -0.05) is 6.07 Å². The van der Waals surface area contributed by atoms with Gasteiger partial charge in [-0.15, -0.1) is 0 Å². The Morgan fingerprint density at radius 1 is 1.27 bits per heavy atom. The molecule has 22 heavy (non-hydrogen) atoms. The molecule has 2 aromatic rings. The van der Waals surface area contributed by atoms with E-state index in [1.165, 1.54) is 18.2 Å². The second kappa shape index (κ2) is 7.49. The fourth-order valence-corrected chi connectivity index (χ4v) is 1.93. The third-order valence-electron chi connectivity index (χ3n) is 3.09. The van der Waals surface area contributed by atoms with Crippen LogP contribution in [0.25, 0.3) is 0 Å². The number of nitrogens with zero attached hydrogens (tertiary/aromatic N) is 2. The lowest BCUT2D eigenvalue weighted by Gasteiger charge is -2.09. The number of rotatable bonds is 6. The lowest BCUT2D eigenvalue weighted by molar-refractivity contribution is 0.0953. The van der Waals surface area contributed by atoms with E-state index in [1.807, 2.05) is 13.8 Å². The van der Waals surface area contributed by atoms with Gasteiger partial charge in [0.1, 0.15) is 11.6 Å². The molecular weight excluding hydrogens is 283 g/mol. The van der Waals surface area contributed by atoms with Crippen molar-refractivity contribution in [3.63, 3.8) is 0 Å². The molecule has 0 atom stereocenters. The predicted molar refractivity (Wildman–Crippen MR) is 83.3 cm³/mol. The number of anilines is 1. The smallest absolute Gasteiger partial charge is 0.251 e. The third-order valence-corrected chi connectivity index (χ3v) is 3.09. The maximum atomic E-state index is 13.0. The third kappa shape index (κ3) is 4.51. The summed E-state index contributed by atoms with van der Waals surface area (Å²) in [6.45, 7) is 4.94. The van der Waals surface area contributed by atoms with Gasteiger partial charge in [0.2, 0.25) is 0 Å². The fourth-order valence-electron chi connectivity index (χ4n) is 1.93. The number of aryl methyl sites for hydroxylation is 2. The van der Waals surface area contributed by atoms with Gasteiger partial charge in [0.15, 0.2) is 0 Å². The van der Waals surface area contributed by atoms with Gasteiger partial charge >= 0.3 is 0 Å². The first-order valence-electron chi connectivity index (χ1n) is 7.14. The summed E-state index contributed by atoms with van der Waals surface area (Å²) in [5.41, 5.74) is 2.02. The van der Waals surface area contributed by atoms with Crippen LogP contribution in [0.2, 0.25) is 0 Å². The molecular formula is C16H19FN4O. The van der Waals surface area contributed by atoms with E-state index in [1.54, 1.807) is 12.3 Å². The molecule has 1 amide bonds. The first-order chi connectivity index (χ1) is 10.6. The molecule has 6 heteroatoms. The summed E-state index contributed by atoms with van der Waals surface area (Å²) in [6.07, 6.45) is 2.45. The molecule has 5 nitrogen and oxygen atoms in total. The lowest BCUT2D eigenvalue weighted by atomic mass is 10.2. The van der Waals surface area contributed by atoms with Crippen molar-refractivity contribution in [2.75, 3.05) is 18.4 Å². The van der Waals surface area contributed by atoms with E-state index in [9.17, 15) is 9.18 Å². The minimum absolute atomic E-state index is 0.272. The first kappa shape index (κ1) is 15.9. The average molecular weight is 302 g/mol. The molecule has 1 aromatic heterocycles. The molecule has 1 heterocycles. The molecule has 0 unspecified atom stereocenters. The monoisotopic (exact) mass is 302 g/mol. The van der Waals surface area contributed by atoms with Crippen LogP contribution in [-0.2, 0) is 0 Å². The van der Waals surface area contributed by atoms with Gasteiger partial charge in [-0.2, -0.15) is 0 Å². The first-order valence-corrected chi connectivity index (χ1v) is 7.14. The number of benzene rings is 1. The van der Waals surface area contributed by atoms with Crippen LogP contribution in [0.1, 0.15) is 28.2 Å². The standard InChI is InChI=1S/C16H19FN4O/c1-11-10-20-12(2)15(21-11)18-7-4-8-19-16(22)13-5-3-6-14(17)9-13/h3,5-6,9-10H,4,7-8H2,1-2H3,(H,18,21)(H,19,22). The van der Waals surface area contributed by atoms with E-state index in [0.717, 1.165) is 23.6 Å². The van der Waals surface area contributed by atoms with Gasteiger partial charge in [0.25, 0.3) is 5.91 Å². The number of hydrogen-bond donors (Lipinski definition) is 2. The molecule has 2 N–H and O–H groups in total. The van der Waals surface area contributed by atoms with Crippen LogP contribution in [-0.4, -0.2) is 29.0 Å².